The Morgan fingerprint density at radius 2 is 1.92 bits per heavy atom. The standard InChI is InChI=1S/C15H19N3O5S/c19-14(16-12-4-1-10(2-5-12)15(20)21)11-3-6-13-17-24(22,23)8-7-18(13)9-11/h3,6,9-10,12H,1-2,4-5,7-8H2,(H,16,19)(H,20,21). The van der Waals surface area contributed by atoms with Gasteiger partial charge in [-0.1, -0.05) is 0 Å². The van der Waals surface area contributed by atoms with Crippen molar-refractivity contribution in [2.45, 2.75) is 31.7 Å². The second-order valence-corrected chi connectivity index (χ2v) is 7.96. The summed E-state index contributed by atoms with van der Waals surface area (Å²) in [4.78, 5) is 24.9. The molecule has 0 saturated heterocycles. The number of carbonyl (C=O) groups is 2. The number of sulfonamides is 1. The van der Waals surface area contributed by atoms with Gasteiger partial charge in [0.25, 0.3) is 15.9 Å². The number of nitrogens with one attached hydrogen (secondary N) is 1. The molecule has 0 radical (unpaired) electrons. The monoisotopic (exact) mass is 353 g/mol. The minimum atomic E-state index is -3.41. The van der Waals surface area contributed by atoms with Gasteiger partial charge in [0.05, 0.1) is 17.2 Å². The van der Waals surface area contributed by atoms with E-state index in [1.807, 2.05) is 0 Å². The van der Waals surface area contributed by atoms with Crippen LogP contribution in [0, 0.1) is 5.92 Å². The molecule has 9 heteroatoms. The zero-order valence-corrected chi connectivity index (χ0v) is 13.8. The third kappa shape index (κ3) is 3.66. The number of rotatable bonds is 3. The fourth-order valence-corrected chi connectivity index (χ4v) is 4.06. The zero-order valence-electron chi connectivity index (χ0n) is 13.0. The Labute approximate surface area is 140 Å². The van der Waals surface area contributed by atoms with Crippen molar-refractivity contribution in [3.63, 3.8) is 0 Å². The number of nitrogens with zero attached hydrogens (tertiary/aromatic N) is 2. The third-order valence-corrected chi connectivity index (χ3v) is 5.66. The fraction of sp³-hybridized carbons (Fsp3) is 0.533. The summed E-state index contributed by atoms with van der Waals surface area (Å²) >= 11 is 0. The van der Waals surface area contributed by atoms with Gasteiger partial charge < -0.3 is 15.3 Å². The molecule has 0 unspecified atom stereocenters. The molecular formula is C15H19N3O5S. The zero-order chi connectivity index (χ0) is 17.3. The Bertz CT molecular complexity index is 745. The van der Waals surface area contributed by atoms with Crippen LogP contribution in [0.5, 0.6) is 0 Å². The molecule has 1 fully saturated rings. The van der Waals surface area contributed by atoms with Gasteiger partial charge in [0.2, 0.25) is 0 Å². The summed E-state index contributed by atoms with van der Waals surface area (Å²) in [5, 5.41) is 11.9. The first-order valence-electron chi connectivity index (χ1n) is 7.87. The Morgan fingerprint density at radius 1 is 1.21 bits per heavy atom. The third-order valence-electron chi connectivity index (χ3n) is 4.50. The Balaban J connectivity index is 1.60. The van der Waals surface area contributed by atoms with Gasteiger partial charge in [0.15, 0.2) is 0 Å². The van der Waals surface area contributed by atoms with Crippen molar-refractivity contribution in [2.75, 3.05) is 12.3 Å². The molecule has 0 aromatic rings. The van der Waals surface area contributed by atoms with Crippen molar-refractivity contribution >= 4 is 27.7 Å². The minimum absolute atomic E-state index is 0.0285. The van der Waals surface area contributed by atoms with Crippen molar-refractivity contribution < 1.29 is 23.1 Å². The average Bonchev–Trinajstić information content (AvgIpc) is 2.54. The predicted molar refractivity (Wildman–Crippen MR) is 86.7 cm³/mol. The van der Waals surface area contributed by atoms with E-state index in [1.54, 1.807) is 17.2 Å². The van der Waals surface area contributed by atoms with Gasteiger partial charge >= 0.3 is 5.97 Å². The molecule has 1 amide bonds. The van der Waals surface area contributed by atoms with E-state index in [9.17, 15) is 18.0 Å². The van der Waals surface area contributed by atoms with Gasteiger partial charge in [0, 0.05) is 18.8 Å². The van der Waals surface area contributed by atoms with Gasteiger partial charge in [0.1, 0.15) is 5.84 Å². The van der Waals surface area contributed by atoms with Crippen molar-refractivity contribution in [1.29, 1.82) is 0 Å². The predicted octanol–water partition coefficient (Wildman–Crippen LogP) is 0.244. The topological polar surface area (TPSA) is 116 Å². The van der Waals surface area contributed by atoms with Crippen molar-refractivity contribution in [3.8, 4) is 0 Å². The number of aliphatic carboxylic acids is 1. The normalized spacial score (nSPS) is 28.4. The van der Waals surface area contributed by atoms with E-state index >= 15 is 0 Å². The first-order valence-corrected chi connectivity index (χ1v) is 9.48. The number of hydrogen-bond acceptors (Lipinski definition) is 5. The molecule has 0 bridgehead atoms. The van der Waals surface area contributed by atoms with Crippen LogP contribution in [0.15, 0.2) is 28.3 Å². The maximum absolute atomic E-state index is 12.4. The molecule has 0 aromatic carbocycles. The van der Waals surface area contributed by atoms with E-state index in [0.29, 0.717) is 37.1 Å². The summed E-state index contributed by atoms with van der Waals surface area (Å²) in [6, 6.07) is -0.0285. The van der Waals surface area contributed by atoms with Crippen LogP contribution in [0.1, 0.15) is 25.7 Å². The number of amidine groups is 1. The second-order valence-electron chi connectivity index (χ2n) is 6.21. The summed E-state index contributed by atoms with van der Waals surface area (Å²) in [5.41, 5.74) is 0.439. The molecule has 130 valence electrons. The van der Waals surface area contributed by atoms with Crippen molar-refractivity contribution in [2.24, 2.45) is 10.3 Å². The van der Waals surface area contributed by atoms with Crippen LogP contribution in [-0.2, 0) is 19.6 Å². The van der Waals surface area contributed by atoms with E-state index in [-0.39, 0.29) is 30.2 Å². The lowest BCUT2D eigenvalue weighted by molar-refractivity contribution is -0.142. The highest BCUT2D eigenvalue weighted by Crippen LogP contribution is 2.25. The lowest BCUT2D eigenvalue weighted by atomic mass is 9.86. The van der Waals surface area contributed by atoms with E-state index in [2.05, 4.69) is 9.71 Å². The van der Waals surface area contributed by atoms with Crippen molar-refractivity contribution in [1.82, 2.24) is 10.2 Å². The Morgan fingerprint density at radius 3 is 2.58 bits per heavy atom. The molecule has 0 aromatic heterocycles. The SMILES string of the molecule is O=C(NC1CCC(C(=O)O)CC1)C1=CN2CCS(=O)(=O)N=C2C=C1. The largest absolute Gasteiger partial charge is 0.481 e. The van der Waals surface area contributed by atoms with Gasteiger partial charge in [-0.2, -0.15) is 0 Å². The fourth-order valence-electron chi connectivity index (χ4n) is 3.09. The Kier molecular flexibility index (Phi) is 4.44. The van der Waals surface area contributed by atoms with Crippen LogP contribution >= 0.6 is 0 Å². The highest BCUT2D eigenvalue weighted by atomic mass is 32.2. The number of amides is 1. The molecule has 0 atom stereocenters. The summed E-state index contributed by atoms with van der Waals surface area (Å²) in [6.07, 6.45) is 7.10. The lowest BCUT2D eigenvalue weighted by Crippen LogP contribution is -2.41. The molecule has 24 heavy (non-hydrogen) atoms. The van der Waals surface area contributed by atoms with Crippen LogP contribution in [0.25, 0.3) is 0 Å². The molecule has 2 heterocycles. The number of carboxylic acids is 1. The van der Waals surface area contributed by atoms with Crippen LogP contribution in [0.2, 0.25) is 0 Å². The van der Waals surface area contributed by atoms with Crippen LogP contribution in [-0.4, -0.2) is 54.5 Å². The van der Waals surface area contributed by atoms with Crippen LogP contribution in [0.4, 0.5) is 0 Å². The summed E-state index contributed by atoms with van der Waals surface area (Å²) < 4.78 is 26.6. The number of carbonyl (C=O) groups excluding carboxylic acids is 1. The molecule has 2 aliphatic heterocycles. The molecular weight excluding hydrogens is 334 g/mol. The van der Waals surface area contributed by atoms with Gasteiger partial charge in [-0.25, -0.2) is 8.42 Å². The quantitative estimate of drug-likeness (QED) is 0.751. The maximum atomic E-state index is 12.4. The van der Waals surface area contributed by atoms with Crippen LogP contribution in [0.3, 0.4) is 0 Å². The van der Waals surface area contributed by atoms with Gasteiger partial charge in [-0.3, -0.25) is 9.59 Å². The average molecular weight is 353 g/mol. The summed E-state index contributed by atoms with van der Waals surface area (Å²) in [5.74, 6) is -1.09. The maximum Gasteiger partial charge on any atom is 0.306 e. The smallest absolute Gasteiger partial charge is 0.306 e. The molecule has 2 N–H and O–H groups in total. The van der Waals surface area contributed by atoms with Crippen molar-refractivity contribution in [3.05, 3.63) is 23.9 Å². The minimum Gasteiger partial charge on any atom is -0.481 e. The van der Waals surface area contributed by atoms with E-state index < -0.39 is 16.0 Å². The summed E-state index contributed by atoms with van der Waals surface area (Å²) in [6.45, 7) is 0.270. The molecule has 3 aliphatic rings. The highest BCUT2D eigenvalue weighted by Gasteiger charge is 2.28. The highest BCUT2D eigenvalue weighted by molar-refractivity contribution is 7.90. The van der Waals surface area contributed by atoms with Crippen LogP contribution < -0.4 is 5.32 Å². The number of fused-ring (bicyclic) bond motifs is 1. The molecule has 0 spiro atoms. The van der Waals surface area contributed by atoms with Gasteiger partial charge in [-0.05, 0) is 37.8 Å². The van der Waals surface area contributed by atoms with E-state index in [0.717, 1.165) is 0 Å². The molecule has 8 nitrogen and oxygen atoms in total. The molecule has 3 rings (SSSR count). The number of hydrogen-bond donors (Lipinski definition) is 2. The lowest BCUT2D eigenvalue weighted by Gasteiger charge is -2.29. The second kappa shape index (κ2) is 6.39. The molecule has 1 aliphatic carbocycles. The van der Waals surface area contributed by atoms with Gasteiger partial charge in [-0.15, -0.1) is 4.40 Å². The summed E-state index contributed by atoms with van der Waals surface area (Å²) in [7, 11) is -3.41. The first-order chi connectivity index (χ1) is 11.3. The first kappa shape index (κ1) is 16.7. The van der Waals surface area contributed by atoms with E-state index in [1.165, 1.54) is 6.08 Å². The molecule has 1 saturated carbocycles. The Hall–Kier alpha value is -2.16. The number of carboxylic acid groups (broad SMARTS) is 1. The van der Waals surface area contributed by atoms with E-state index in [4.69, 9.17) is 5.11 Å².